The van der Waals surface area contributed by atoms with Crippen molar-refractivity contribution in [2.75, 3.05) is 11.4 Å². The van der Waals surface area contributed by atoms with Gasteiger partial charge in [0.05, 0.1) is 29.3 Å². The van der Waals surface area contributed by atoms with Crippen molar-refractivity contribution >= 4 is 34.5 Å². The molecule has 2 saturated heterocycles. The van der Waals surface area contributed by atoms with Gasteiger partial charge in [0.2, 0.25) is 17.4 Å². The number of fused-ring (bicyclic) bond motifs is 5. The monoisotopic (exact) mass is 494 g/mol. The highest BCUT2D eigenvalue weighted by Crippen LogP contribution is 2.49. The summed E-state index contributed by atoms with van der Waals surface area (Å²) in [5.41, 5.74) is -0.257. The molecular formula is C25H23FN4O6. The Bertz CT molecular complexity index is 1390. The van der Waals surface area contributed by atoms with Gasteiger partial charge in [-0.15, -0.1) is 0 Å². The van der Waals surface area contributed by atoms with E-state index in [2.05, 4.69) is 15.8 Å². The van der Waals surface area contributed by atoms with Crippen LogP contribution in [0.1, 0.15) is 25.0 Å². The van der Waals surface area contributed by atoms with E-state index in [-0.39, 0.29) is 48.2 Å². The summed E-state index contributed by atoms with van der Waals surface area (Å²) in [6, 6.07) is 9.32. The van der Waals surface area contributed by atoms with Crippen molar-refractivity contribution in [1.82, 2.24) is 15.8 Å². The van der Waals surface area contributed by atoms with Crippen molar-refractivity contribution in [1.29, 1.82) is 0 Å². The number of carbonyl (C=O) groups excluding carboxylic acids is 3. The topological polar surface area (TPSA) is 123 Å². The maximum absolute atomic E-state index is 16.0. The van der Waals surface area contributed by atoms with Crippen molar-refractivity contribution in [3.63, 3.8) is 0 Å². The molecule has 10 nitrogen and oxygen atoms in total. The number of rotatable bonds is 3. The maximum atomic E-state index is 16.0. The van der Waals surface area contributed by atoms with Gasteiger partial charge < -0.3 is 18.9 Å². The number of benzene rings is 2. The summed E-state index contributed by atoms with van der Waals surface area (Å²) in [5.74, 6) is -2.04. The van der Waals surface area contributed by atoms with Gasteiger partial charge in [-0.2, -0.15) is 0 Å². The Hall–Kier alpha value is -3.99. The number of imide groups is 2. The molecule has 11 heteroatoms. The summed E-state index contributed by atoms with van der Waals surface area (Å²) < 4.78 is 33.2. The number of barbiturate groups is 1. The molecule has 3 aromatic rings. The van der Waals surface area contributed by atoms with Gasteiger partial charge in [0.1, 0.15) is 6.61 Å². The molecule has 36 heavy (non-hydrogen) atoms. The Morgan fingerprint density at radius 3 is 2.61 bits per heavy atom. The molecule has 0 bridgehead atoms. The number of ether oxygens (including phenoxy) is 2. The predicted molar refractivity (Wildman–Crippen MR) is 124 cm³/mol. The number of halogens is 1. The van der Waals surface area contributed by atoms with Crippen molar-refractivity contribution < 1.29 is 32.8 Å². The summed E-state index contributed by atoms with van der Waals surface area (Å²) in [5, 5.41) is 8.67. The lowest BCUT2D eigenvalue weighted by Gasteiger charge is -2.55. The van der Waals surface area contributed by atoms with Crippen LogP contribution in [0.2, 0.25) is 0 Å². The highest BCUT2D eigenvalue weighted by atomic mass is 19.1. The van der Waals surface area contributed by atoms with Crippen LogP contribution in [0.4, 0.5) is 14.9 Å². The van der Waals surface area contributed by atoms with Crippen LogP contribution in [0, 0.1) is 11.2 Å². The highest BCUT2D eigenvalue weighted by molar-refractivity contribution is 6.20. The lowest BCUT2D eigenvalue weighted by molar-refractivity contribution is -0.153. The average Bonchev–Trinajstić information content (AvgIpc) is 3.24. The minimum atomic E-state index is -1.71. The molecule has 6 rings (SSSR count). The molecule has 3 aliphatic heterocycles. The van der Waals surface area contributed by atoms with E-state index in [0.717, 1.165) is 5.56 Å². The first-order valence-electron chi connectivity index (χ1n) is 11.7. The number of nitrogens with one attached hydrogen (secondary N) is 2. The van der Waals surface area contributed by atoms with Gasteiger partial charge in [-0.3, -0.25) is 20.2 Å². The zero-order chi connectivity index (χ0) is 25.2. The zero-order valence-corrected chi connectivity index (χ0v) is 19.5. The van der Waals surface area contributed by atoms with Crippen LogP contribution in [0.3, 0.4) is 0 Å². The number of morpholine rings is 1. The summed E-state index contributed by atoms with van der Waals surface area (Å²) in [6.07, 6.45) is -1.06. The average molecular weight is 494 g/mol. The quantitative estimate of drug-likeness (QED) is 0.533. The minimum Gasteiger partial charge on any atom is -0.470 e. The summed E-state index contributed by atoms with van der Waals surface area (Å²) in [7, 11) is 0. The van der Waals surface area contributed by atoms with E-state index in [1.54, 1.807) is 17.9 Å². The lowest BCUT2D eigenvalue weighted by atomic mass is 9.66. The van der Waals surface area contributed by atoms with Crippen LogP contribution < -0.4 is 20.3 Å². The van der Waals surface area contributed by atoms with Crippen LogP contribution in [-0.4, -0.2) is 47.8 Å². The molecule has 186 valence electrons. The summed E-state index contributed by atoms with van der Waals surface area (Å²) in [6.45, 7) is 3.99. The van der Waals surface area contributed by atoms with Gasteiger partial charge in [0.25, 0.3) is 5.88 Å². The number of hydrogen-bond acceptors (Lipinski definition) is 8. The van der Waals surface area contributed by atoms with E-state index in [1.165, 1.54) is 0 Å². The molecular weight excluding hydrogens is 471 g/mol. The van der Waals surface area contributed by atoms with Crippen LogP contribution in [0.15, 0.2) is 40.9 Å². The molecule has 1 aromatic heterocycles. The number of aromatic nitrogens is 1. The standard InChI is InChI=1S/C25H23FN4O6/c1-12-10-30-18-15(9-25(20(30)13(2)35-12)22(31)27-24(33)28-23(25)32)8-16-19(17(18)26)36-29-21(16)34-11-14-6-4-3-5-7-14/h3-8,12-13,20H,9-11H2,1-2H3,(H2,27,28,31,32,33)/t12?,13?,20-/m1/s1. The van der Waals surface area contributed by atoms with E-state index in [4.69, 9.17) is 14.0 Å². The molecule has 2 unspecified atom stereocenters. The smallest absolute Gasteiger partial charge is 0.328 e. The molecule has 4 amide bonds. The second-order valence-corrected chi connectivity index (χ2v) is 9.47. The third-order valence-corrected chi connectivity index (χ3v) is 7.15. The fourth-order valence-electron chi connectivity index (χ4n) is 5.76. The minimum absolute atomic E-state index is 0.0777. The number of amides is 4. The van der Waals surface area contributed by atoms with Gasteiger partial charge in [-0.25, -0.2) is 9.18 Å². The first kappa shape index (κ1) is 22.5. The SMILES string of the molecule is CC1CN2c3c(cc4c(OCc5ccccc5)noc4c3F)CC3(C(=O)NC(=O)NC3=O)[C@H]2C(C)O1. The first-order chi connectivity index (χ1) is 17.3. The Balaban J connectivity index is 1.49. The third-order valence-electron chi connectivity index (χ3n) is 7.15. The number of anilines is 1. The molecule has 2 aromatic carbocycles. The Kier molecular flexibility index (Phi) is 5.01. The number of nitrogens with zero attached hydrogens (tertiary/aromatic N) is 2. The van der Waals surface area contributed by atoms with E-state index in [1.807, 2.05) is 37.3 Å². The first-order valence-corrected chi connectivity index (χ1v) is 11.7. The maximum Gasteiger partial charge on any atom is 0.328 e. The largest absolute Gasteiger partial charge is 0.470 e. The molecule has 4 heterocycles. The van der Waals surface area contributed by atoms with E-state index in [9.17, 15) is 14.4 Å². The van der Waals surface area contributed by atoms with Crippen LogP contribution in [0.5, 0.6) is 5.88 Å². The second kappa shape index (κ2) is 8.02. The number of urea groups is 1. The molecule has 3 aliphatic rings. The Morgan fingerprint density at radius 1 is 1.17 bits per heavy atom. The Labute approximate surface area is 204 Å². The van der Waals surface area contributed by atoms with Crippen molar-refractivity contribution in [2.45, 2.75) is 45.1 Å². The normalized spacial score (nSPS) is 24.8. The molecule has 1 spiro atoms. The molecule has 3 atom stereocenters. The van der Waals surface area contributed by atoms with E-state index < -0.39 is 41.2 Å². The zero-order valence-electron chi connectivity index (χ0n) is 19.5. The van der Waals surface area contributed by atoms with Gasteiger partial charge in [-0.05, 0) is 36.2 Å². The molecule has 0 aliphatic carbocycles. The fraction of sp³-hybridized carbons (Fsp3) is 0.360. The van der Waals surface area contributed by atoms with E-state index >= 15 is 4.39 Å². The van der Waals surface area contributed by atoms with Crippen molar-refractivity contribution in [3.8, 4) is 5.88 Å². The van der Waals surface area contributed by atoms with Crippen LogP contribution in [0.25, 0.3) is 11.0 Å². The molecule has 2 fully saturated rings. The predicted octanol–water partition coefficient (Wildman–Crippen LogP) is 2.44. The van der Waals surface area contributed by atoms with Gasteiger partial charge in [-0.1, -0.05) is 30.3 Å². The fourth-order valence-corrected chi connectivity index (χ4v) is 5.76. The van der Waals surface area contributed by atoms with Crippen LogP contribution >= 0.6 is 0 Å². The molecule has 0 radical (unpaired) electrons. The van der Waals surface area contributed by atoms with Crippen LogP contribution in [-0.2, 0) is 27.4 Å². The lowest BCUT2D eigenvalue weighted by Crippen LogP contribution is -2.75. The summed E-state index contributed by atoms with van der Waals surface area (Å²) in [4.78, 5) is 40.1. The van der Waals surface area contributed by atoms with Gasteiger partial charge in [0.15, 0.2) is 11.2 Å². The molecule has 0 saturated carbocycles. The Morgan fingerprint density at radius 2 is 1.89 bits per heavy atom. The van der Waals surface area contributed by atoms with Crippen molar-refractivity contribution in [2.24, 2.45) is 5.41 Å². The highest BCUT2D eigenvalue weighted by Gasteiger charge is 2.63. The molecule has 2 N–H and O–H groups in total. The van der Waals surface area contributed by atoms with Gasteiger partial charge >= 0.3 is 6.03 Å². The van der Waals surface area contributed by atoms with Gasteiger partial charge in [0, 0.05) is 13.0 Å². The van der Waals surface area contributed by atoms with E-state index in [0.29, 0.717) is 5.56 Å². The second-order valence-electron chi connectivity index (χ2n) is 9.47. The summed E-state index contributed by atoms with van der Waals surface area (Å²) >= 11 is 0. The number of hydrogen-bond donors (Lipinski definition) is 2. The number of carbonyl (C=O) groups is 3. The third kappa shape index (κ3) is 3.19. The van der Waals surface area contributed by atoms with Crippen molar-refractivity contribution in [3.05, 3.63) is 53.3 Å².